The summed E-state index contributed by atoms with van der Waals surface area (Å²) in [7, 11) is 0. The molecule has 0 aliphatic carbocycles. The predicted molar refractivity (Wildman–Crippen MR) is 75.4 cm³/mol. The van der Waals surface area contributed by atoms with E-state index in [4.69, 9.17) is 0 Å². The Labute approximate surface area is 117 Å². The molecule has 1 aliphatic heterocycles. The fraction of sp³-hybridized carbons (Fsp3) is 0.500. The van der Waals surface area contributed by atoms with Crippen LogP contribution in [0.2, 0.25) is 0 Å². The van der Waals surface area contributed by atoms with E-state index in [1.165, 1.54) is 0 Å². The van der Waals surface area contributed by atoms with E-state index in [2.05, 4.69) is 32.0 Å². The highest BCUT2D eigenvalue weighted by atomic mass is 16.2. The van der Waals surface area contributed by atoms with Crippen molar-refractivity contribution < 1.29 is 4.79 Å². The van der Waals surface area contributed by atoms with Crippen LogP contribution >= 0.6 is 0 Å². The third-order valence-corrected chi connectivity index (χ3v) is 4.05. The minimum Gasteiger partial charge on any atom is -0.335 e. The normalized spacial score (nSPS) is 17.8. The lowest BCUT2D eigenvalue weighted by Gasteiger charge is -2.22. The summed E-state index contributed by atoms with van der Waals surface area (Å²) in [6.07, 6.45) is 6.15. The van der Waals surface area contributed by atoms with Gasteiger partial charge in [-0.05, 0) is 19.8 Å². The number of H-pyrrole nitrogens is 1. The predicted octanol–water partition coefficient (Wildman–Crippen LogP) is 1.68. The van der Waals surface area contributed by atoms with Gasteiger partial charge in [-0.25, -0.2) is 4.98 Å². The molecule has 2 aromatic heterocycles. The van der Waals surface area contributed by atoms with E-state index in [0.717, 1.165) is 42.8 Å². The zero-order chi connectivity index (χ0) is 14.1. The third-order valence-electron chi connectivity index (χ3n) is 4.05. The lowest BCUT2D eigenvalue weighted by atomic mass is 9.95. The topological polar surface area (TPSA) is 75.6 Å². The first kappa shape index (κ1) is 12.9. The Hall–Kier alpha value is -2.11. The summed E-state index contributed by atoms with van der Waals surface area (Å²) in [6, 6.07) is 0. The van der Waals surface area contributed by atoms with Crippen LogP contribution in [-0.4, -0.2) is 25.7 Å². The molecule has 1 aliphatic rings. The number of imidazole rings is 1. The SMILES string of the molecule is CCc1[nH]nc(NC(=O)C2CCn3cncc3C2)c1C. The monoisotopic (exact) mass is 273 g/mol. The molecule has 0 aromatic carbocycles. The van der Waals surface area contributed by atoms with Gasteiger partial charge >= 0.3 is 0 Å². The van der Waals surface area contributed by atoms with Crippen LogP contribution in [0.3, 0.4) is 0 Å². The van der Waals surface area contributed by atoms with E-state index in [9.17, 15) is 4.79 Å². The van der Waals surface area contributed by atoms with E-state index in [1.807, 2.05) is 19.4 Å². The van der Waals surface area contributed by atoms with Crippen molar-refractivity contribution >= 4 is 11.7 Å². The van der Waals surface area contributed by atoms with Crippen molar-refractivity contribution in [3.8, 4) is 0 Å². The van der Waals surface area contributed by atoms with Gasteiger partial charge in [-0.2, -0.15) is 5.10 Å². The van der Waals surface area contributed by atoms with Gasteiger partial charge in [0.2, 0.25) is 5.91 Å². The van der Waals surface area contributed by atoms with Crippen LogP contribution < -0.4 is 5.32 Å². The molecule has 3 rings (SSSR count). The zero-order valence-electron chi connectivity index (χ0n) is 11.8. The number of carbonyl (C=O) groups excluding carboxylic acids is 1. The Morgan fingerprint density at radius 1 is 1.60 bits per heavy atom. The van der Waals surface area contributed by atoms with Crippen LogP contribution in [0.1, 0.15) is 30.3 Å². The molecule has 1 amide bonds. The highest BCUT2D eigenvalue weighted by Gasteiger charge is 2.25. The van der Waals surface area contributed by atoms with E-state index in [-0.39, 0.29) is 11.8 Å². The van der Waals surface area contributed by atoms with Crippen molar-refractivity contribution in [2.45, 2.75) is 39.7 Å². The van der Waals surface area contributed by atoms with Gasteiger partial charge in [0.05, 0.1) is 6.33 Å². The average Bonchev–Trinajstić information content (AvgIpc) is 3.05. The average molecular weight is 273 g/mol. The number of hydrogen-bond donors (Lipinski definition) is 2. The highest BCUT2D eigenvalue weighted by Crippen LogP contribution is 2.22. The number of nitrogens with one attached hydrogen (secondary N) is 2. The van der Waals surface area contributed by atoms with Gasteiger partial charge in [0.1, 0.15) is 0 Å². The molecule has 2 N–H and O–H groups in total. The van der Waals surface area contributed by atoms with Gasteiger partial charge in [0.15, 0.2) is 5.82 Å². The minimum atomic E-state index is 0.000349. The summed E-state index contributed by atoms with van der Waals surface area (Å²) in [5.41, 5.74) is 3.23. The van der Waals surface area contributed by atoms with Crippen molar-refractivity contribution in [1.82, 2.24) is 19.7 Å². The van der Waals surface area contributed by atoms with Crippen LogP contribution in [-0.2, 0) is 24.2 Å². The standard InChI is InChI=1S/C14H19N5O/c1-3-12-9(2)13(18-17-12)16-14(20)10-4-5-19-8-15-7-11(19)6-10/h7-8,10H,3-6H2,1-2H3,(H2,16,17,18,20). The molecule has 0 radical (unpaired) electrons. The Morgan fingerprint density at radius 3 is 3.20 bits per heavy atom. The van der Waals surface area contributed by atoms with Crippen molar-refractivity contribution in [2.24, 2.45) is 5.92 Å². The Morgan fingerprint density at radius 2 is 2.45 bits per heavy atom. The van der Waals surface area contributed by atoms with Crippen LogP contribution in [0.4, 0.5) is 5.82 Å². The van der Waals surface area contributed by atoms with Crippen molar-refractivity contribution in [2.75, 3.05) is 5.32 Å². The Balaban J connectivity index is 1.69. The van der Waals surface area contributed by atoms with Gasteiger partial charge in [-0.15, -0.1) is 0 Å². The van der Waals surface area contributed by atoms with Crippen molar-refractivity contribution in [1.29, 1.82) is 0 Å². The first-order valence-electron chi connectivity index (χ1n) is 7.02. The van der Waals surface area contributed by atoms with E-state index in [1.54, 1.807) is 0 Å². The summed E-state index contributed by atoms with van der Waals surface area (Å²) >= 11 is 0. The molecule has 0 bridgehead atoms. The largest absolute Gasteiger partial charge is 0.335 e. The number of aryl methyl sites for hydroxylation is 2. The van der Waals surface area contributed by atoms with Gasteiger partial charge < -0.3 is 9.88 Å². The summed E-state index contributed by atoms with van der Waals surface area (Å²) in [6.45, 7) is 4.90. The molecule has 20 heavy (non-hydrogen) atoms. The number of aromatic nitrogens is 4. The molecule has 106 valence electrons. The van der Waals surface area contributed by atoms with Gasteiger partial charge in [0, 0.05) is 42.0 Å². The molecule has 6 heteroatoms. The Bertz CT molecular complexity index is 627. The quantitative estimate of drug-likeness (QED) is 0.893. The lowest BCUT2D eigenvalue weighted by molar-refractivity contribution is -0.120. The second kappa shape index (κ2) is 5.11. The molecule has 1 unspecified atom stereocenters. The molecule has 3 heterocycles. The number of rotatable bonds is 3. The summed E-state index contributed by atoms with van der Waals surface area (Å²) in [4.78, 5) is 16.5. The summed E-state index contributed by atoms with van der Waals surface area (Å²) in [5, 5.41) is 10.1. The molecule has 2 aromatic rings. The molecule has 0 saturated carbocycles. The number of anilines is 1. The maximum Gasteiger partial charge on any atom is 0.229 e. The molecule has 0 fully saturated rings. The number of hydrogen-bond acceptors (Lipinski definition) is 3. The second-order valence-corrected chi connectivity index (χ2v) is 5.29. The van der Waals surface area contributed by atoms with Crippen molar-refractivity contribution in [3.63, 3.8) is 0 Å². The number of carbonyl (C=O) groups is 1. The summed E-state index contributed by atoms with van der Waals surface area (Å²) < 4.78 is 2.11. The maximum atomic E-state index is 12.4. The summed E-state index contributed by atoms with van der Waals surface area (Å²) in [5.74, 6) is 0.709. The van der Waals surface area contributed by atoms with E-state index >= 15 is 0 Å². The lowest BCUT2D eigenvalue weighted by Crippen LogP contribution is -2.30. The van der Waals surface area contributed by atoms with E-state index < -0.39 is 0 Å². The third kappa shape index (κ3) is 2.21. The maximum absolute atomic E-state index is 12.4. The van der Waals surface area contributed by atoms with Gasteiger partial charge in [-0.1, -0.05) is 6.92 Å². The Kier molecular flexibility index (Phi) is 3.30. The fourth-order valence-electron chi connectivity index (χ4n) is 2.71. The number of nitrogens with zero attached hydrogens (tertiary/aromatic N) is 3. The van der Waals surface area contributed by atoms with Crippen LogP contribution in [0, 0.1) is 12.8 Å². The smallest absolute Gasteiger partial charge is 0.229 e. The molecule has 0 spiro atoms. The fourth-order valence-corrected chi connectivity index (χ4v) is 2.71. The highest BCUT2D eigenvalue weighted by molar-refractivity contribution is 5.92. The number of amides is 1. The van der Waals surface area contributed by atoms with Crippen LogP contribution in [0.15, 0.2) is 12.5 Å². The molecule has 6 nitrogen and oxygen atoms in total. The molecule has 0 saturated heterocycles. The zero-order valence-corrected chi connectivity index (χ0v) is 11.8. The van der Waals surface area contributed by atoms with Crippen LogP contribution in [0.5, 0.6) is 0 Å². The number of aromatic amines is 1. The van der Waals surface area contributed by atoms with E-state index in [0.29, 0.717) is 5.82 Å². The van der Waals surface area contributed by atoms with Crippen molar-refractivity contribution in [3.05, 3.63) is 29.5 Å². The minimum absolute atomic E-state index is 0.000349. The second-order valence-electron chi connectivity index (χ2n) is 5.29. The van der Waals surface area contributed by atoms with Gasteiger partial charge in [-0.3, -0.25) is 9.89 Å². The molecule has 1 atom stereocenters. The number of fused-ring (bicyclic) bond motifs is 1. The molecular weight excluding hydrogens is 254 g/mol. The first-order valence-corrected chi connectivity index (χ1v) is 7.02. The molecular formula is C14H19N5O. The first-order chi connectivity index (χ1) is 9.69. The van der Waals surface area contributed by atoms with Gasteiger partial charge in [0.25, 0.3) is 0 Å². The van der Waals surface area contributed by atoms with Crippen LogP contribution in [0.25, 0.3) is 0 Å².